The highest BCUT2D eigenvalue weighted by Crippen LogP contribution is 2.30. The summed E-state index contributed by atoms with van der Waals surface area (Å²) < 4.78 is 10.2. The number of carboxylic acids is 1. The molecule has 0 aliphatic carbocycles. The molecule has 1 aromatic rings. The number of amides is 1. The predicted octanol–water partition coefficient (Wildman–Crippen LogP) is 1.31. The molecule has 0 aliphatic rings. The van der Waals surface area contributed by atoms with E-state index in [1.165, 1.54) is 30.2 Å². The van der Waals surface area contributed by atoms with Crippen molar-refractivity contribution in [1.29, 1.82) is 0 Å². The van der Waals surface area contributed by atoms with Crippen molar-refractivity contribution in [2.45, 2.75) is 12.8 Å². The molecule has 0 radical (unpaired) electrons. The quantitative estimate of drug-likeness (QED) is 0.536. The molecule has 1 amide bonds. The minimum absolute atomic E-state index is 0.0158. The Labute approximate surface area is 132 Å². The molecule has 23 heavy (non-hydrogen) atoms. The van der Waals surface area contributed by atoms with Crippen LogP contribution in [0.25, 0.3) is 0 Å². The van der Waals surface area contributed by atoms with Gasteiger partial charge in [0.25, 0.3) is 5.91 Å². The van der Waals surface area contributed by atoms with Crippen LogP contribution in [0.2, 0.25) is 0 Å². The molecule has 0 unspecified atom stereocenters. The molecular formula is C14H18N2O7. The van der Waals surface area contributed by atoms with Gasteiger partial charge in [-0.15, -0.1) is 0 Å². The van der Waals surface area contributed by atoms with Crippen molar-refractivity contribution in [3.63, 3.8) is 0 Å². The number of nitrogens with zero attached hydrogens (tertiary/aromatic N) is 2. The SMILES string of the molecule is COc1cc(OCC(=O)N(C)CCCC(=O)O)ccc1[N+](=O)[O-]. The third kappa shape index (κ3) is 5.81. The number of hydrogen-bond donors (Lipinski definition) is 1. The largest absolute Gasteiger partial charge is 0.490 e. The number of nitro groups is 1. The van der Waals surface area contributed by atoms with Crippen LogP contribution in [0, 0.1) is 10.1 Å². The molecule has 0 heterocycles. The molecule has 1 N–H and O–H groups in total. The summed E-state index contributed by atoms with van der Waals surface area (Å²) in [7, 11) is 2.84. The highest BCUT2D eigenvalue weighted by Gasteiger charge is 2.16. The van der Waals surface area contributed by atoms with Gasteiger partial charge < -0.3 is 19.5 Å². The lowest BCUT2D eigenvalue weighted by molar-refractivity contribution is -0.385. The molecule has 0 aromatic heterocycles. The van der Waals surface area contributed by atoms with E-state index in [0.29, 0.717) is 13.0 Å². The molecule has 126 valence electrons. The van der Waals surface area contributed by atoms with Crippen molar-refractivity contribution in [2.24, 2.45) is 0 Å². The zero-order chi connectivity index (χ0) is 17.4. The van der Waals surface area contributed by atoms with Gasteiger partial charge in [-0.1, -0.05) is 0 Å². The first kappa shape index (κ1) is 18.2. The molecular weight excluding hydrogens is 308 g/mol. The lowest BCUT2D eigenvalue weighted by Gasteiger charge is -2.17. The summed E-state index contributed by atoms with van der Waals surface area (Å²) in [5.74, 6) is -0.942. The van der Waals surface area contributed by atoms with Gasteiger partial charge in [0.2, 0.25) is 5.75 Å². The zero-order valence-corrected chi connectivity index (χ0v) is 12.9. The average Bonchev–Trinajstić information content (AvgIpc) is 2.51. The maximum atomic E-state index is 11.8. The van der Waals surface area contributed by atoms with Crippen molar-refractivity contribution in [3.05, 3.63) is 28.3 Å². The van der Waals surface area contributed by atoms with Crippen molar-refractivity contribution in [1.82, 2.24) is 4.90 Å². The number of benzene rings is 1. The molecule has 0 bridgehead atoms. The zero-order valence-electron chi connectivity index (χ0n) is 12.9. The van der Waals surface area contributed by atoms with Crippen LogP contribution in [-0.2, 0) is 9.59 Å². The lowest BCUT2D eigenvalue weighted by atomic mass is 10.3. The van der Waals surface area contributed by atoms with E-state index >= 15 is 0 Å². The number of aliphatic carboxylic acids is 1. The Bertz CT molecular complexity index is 588. The van der Waals surface area contributed by atoms with Gasteiger partial charge in [-0.2, -0.15) is 0 Å². The Hall–Kier alpha value is -2.84. The van der Waals surface area contributed by atoms with Crippen LogP contribution in [0.4, 0.5) is 5.69 Å². The first-order valence-corrected chi connectivity index (χ1v) is 6.76. The minimum Gasteiger partial charge on any atom is -0.490 e. The number of carboxylic acid groups (broad SMARTS) is 1. The summed E-state index contributed by atoms with van der Waals surface area (Å²) in [4.78, 5) is 33.8. The molecule has 1 rings (SSSR count). The molecule has 0 fully saturated rings. The predicted molar refractivity (Wildman–Crippen MR) is 79.7 cm³/mol. The minimum atomic E-state index is -0.917. The fourth-order valence-electron chi connectivity index (χ4n) is 1.75. The van der Waals surface area contributed by atoms with Gasteiger partial charge in [-0.3, -0.25) is 19.7 Å². The Kier molecular flexibility index (Phi) is 6.78. The van der Waals surface area contributed by atoms with E-state index in [1.54, 1.807) is 7.05 Å². The summed E-state index contributed by atoms with van der Waals surface area (Å²) in [6, 6.07) is 3.93. The topological polar surface area (TPSA) is 119 Å². The van der Waals surface area contributed by atoms with Crippen LogP contribution in [0.5, 0.6) is 11.5 Å². The summed E-state index contributed by atoms with van der Waals surface area (Å²) >= 11 is 0. The molecule has 0 saturated carbocycles. The maximum absolute atomic E-state index is 11.8. The number of carbonyl (C=O) groups is 2. The first-order valence-electron chi connectivity index (χ1n) is 6.76. The Morgan fingerprint density at radius 3 is 2.65 bits per heavy atom. The van der Waals surface area contributed by atoms with E-state index in [-0.39, 0.29) is 36.1 Å². The summed E-state index contributed by atoms with van der Waals surface area (Å²) in [6.45, 7) is 0.0443. The normalized spacial score (nSPS) is 10.0. The fraction of sp³-hybridized carbons (Fsp3) is 0.429. The molecule has 0 aliphatic heterocycles. The van der Waals surface area contributed by atoms with Crippen LogP contribution in [-0.4, -0.2) is 54.1 Å². The third-order valence-corrected chi connectivity index (χ3v) is 3.02. The Balaban J connectivity index is 2.55. The smallest absolute Gasteiger partial charge is 0.311 e. The van der Waals surface area contributed by atoms with Crippen LogP contribution in [0.1, 0.15) is 12.8 Å². The molecule has 0 spiro atoms. The van der Waals surface area contributed by atoms with E-state index in [4.69, 9.17) is 14.6 Å². The molecule has 9 heteroatoms. The van der Waals surface area contributed by atoms with Gasteiger partial charge in [-0.05, 0) is 12.5 Å². The van der Waals surface area contributed by atoms with Crippen molar-refractivity contribution in [3.8, 4) is 11.5 Å². The van der Waals surface area contributed by atoms with Gasteiger partial charge >= 0.3 is 11.7 Å². The first-order chi connectivity index (χ1) is 10.8. The third-order valence-electron chi connectivity index (χ3n) is 3.02. The number of likely N-dealkylation sites (N-methyl/N-ethyl adjacent to an activating group) is 1. The number of carbonyl (C=O) groups excluding carboxylic acids is 1. The second-order valence-electron chi connectivity index (χ2n) is 4.69. The standard InChI is InChI=1S/C14H18N2O7/c1-15(7-3-4-14(18)19)13(17)9-23-10-5-6-11(16(20)21)12(8-10)22-2/h5-6,8H,3-4,7,9H2,1-2H3,(H,18,19). The Morgan fingerprint density at radius 2 is 2.09 bits per heavy atom. The highest BCUT2D eigenvalue weighted by molar-refractivity contribution is 5.77. The van der Waals surface area contributed by atoms with Crippen molar-refractivity contribution >= 4 is 17.6 Å². The molecule has 0 atom stereocenters. The highest BCUT2D eigenvalue weighted by atomic mass is 16.6. The molecule has 0 saturated heterocycles. The van der Waals surface area contributed by atoms with Crippen LogP contribution < -0.4 is 9.47 Å². The van der Waals surface area contributed by atoms with E-state index in [9.17, 15) is 19.7 Å². The number of methoxy groups -OCH3 is 1. The van der Waals surface area contributed by atoms with E-state index < -0.39 is 10.9 Å². The van der Waals surface area contributed by atoms with Gasteiger partial charge in [0, 0.05) is 32.1 Å². The second-order valence-corrected chi connectivity index (χ2v) is 4.69. The van der Waals surface area contributed by atoms with Gasteiger partial charge in [0.05, 0.1) is 12.0 Å². The van der Waals surface area contributed by atoms with Crippen molar-refractivity contribution < 1.29 is 29.1 Å². The van der Waals surface area contributed by atoms with Gasteiger partial charge in [0.1, 0.15) is 5.75 Å². The van der Waals surface area contributed by atoms with E-state index in [2.05, 4.69) is 0 Å². The van der Waals surface area contributed by atoms with Crippen LogP contribution >= 0.6 is 0 Å². The summed E-state index contributed by atoms with van der Waals surface area (Å²) in [5.41, 5.74) is -0.197. The van der Waals surface area contributed by atoms with E-state index in [1.807, 2.05) is 0 Å². The second kappa shape index (κ2) is 8.57. The monoisotopic (exact) mass is 326 g/mol. The summed E-state index contributed by atoms with van der Waals surface area (Å²) in [5, 5.41) is 19.3. The molecule has 9 nitrogen and oxygen atoms in total. The lowest BCUT2D eigenvalue weighted by Crippen LogP contribution is -2.32. The Morgan fingerprint density at radius 1 is 1.39 bits per heavy atom. The average molecular weight is 326 g/mol. The van der Waals surface area contributed by atoms with Crippen molar-refractivity contribution in [2.75, 3.05) is 27.3 Å². The van der Waals surface area contributed by atoms with Crippen LogP contribution in [0.15, 0.2) is 18.2 Å². The van der Waals surface area contributed by atoms with Crippen LogP contribution in [0.3, 0.4) is 0 Å². The van der Waals surface area contributed by atoms with E-state index in [0.717, 1.165) is 0 Å². The number of ether oxygens (including phenoxy) is 2. The maximum Gasteiger partial charge on any atom is 0.311 e. The summed E-state index contributed by atoms with van der Waals surface area (Å²) in [6.07, 6.45) is 0.334. The molecule has 1 aromatic carbocycles. The van der Waals surface area contributed by atoms with Gasteiger partial charge in [-0.25, -0.2) is 0 Å². The fourth-order valence-corrected chi connectivity index (χ4v) is 1.75. The number of hydrogen-bond acceptors (Lipinski definition) is 6. The number of rotatable bonds is 9. The van der Waals surface area contributed by atoms with Gasteiger partial charge in [0.15, 0.2) is 6.61 Å². The number of nitro benzene ring substituents is 1.